The molecular formula is C19H22F2N4O2S. The summed E-state index contributed by atoms with van der Waals surface area (Å²) in [6.45, 7) is 0.728. The molecule has 0 aliphatic rings. The zero-order chi connectivity index (χ0) is 20.1. The smallest absolute Gasteiger partial charge is 0.319 e. The molecule has 0 amide bonds. The lowest BCUT2D eigenvalue weighted by molar-refractivity contribution is 0.0644. The van der Waals surface area contributed by atoms with Crippen LogP contribution < -0.4 is 9.47 Å². The molecule has 0 saturated heterocycles. The van der Waals surface area contributed by atoms with Crippen LogP contribution in [0.4, 0.5) is 8.78 Å². The van der Waals surface area contributed by atoms with Crippen LogP contribution in [0.3, 0.4) is 0 Å². The number of methoxy groups -OCH3 is 1. The van der Waals surface area contributed by atoms with Crippen LogP contribution >= 0.6 is 11.3 Å². The normalized spacial score (nSPS) is 11.4. The Bertz CT molecular complexity index is 913. The van der Waals surface area contributed by atoms with Crippen molar-refractivity contribution in [3.63, 3.8) is 0 Å². The standard InChI is InChI=1S/C19H22F2N4O2S/c1-4-27-15-6-5-13(9-16(15)26-3)18-23-14(12-28-18)10-24(2)11-17-22-7-8-25(17)19(20)21/h5-9,12,19H,4,10-11H2,1-3H3. The fourth-order valence-corrected chi connectivity index (χ4v) is 3.61. The van der Waals surface area contributed by atoms with Crippen LogP contribution in [0.1, 0.15) is 25.0 Å². The number of nitrogens with zero attached hydrogens (tertiary/aromatic N) is 4. The van der Waals surface area contributed by atoms with Gasteiger partial charge in [0.15, 0.2) is 11.5 Å². The van der Waals surface area contributed by atoms with Crippen LogP contribution in [0.5, 0.6) is 11.5 Å². The SMILES string of the molecule is CCOc1ccc(-c2nc(CN(C)Cc3nccn3C(F)F)cs2)cc1OC. The molecule has 2 aromatic heterocycles. The van der Waals surface area contributed by atoms with Gasteiger partial charge in [-0.15, -0.1) is 11.3 Å². The lowest BCUT2D eigenvalue weighted by atomic mass is 10.2. The lowest BCUT2D eigenvalue weighted by Gasteiger charge is -2.15. The molecule has 0 saturated carbocycles. The highest BCUT2D eigenvalue weighted by Gasteiger charge is 2.15. The maximum Gasteiger partial charge on any atom is 0.319 e. The number of aromatic nitrogens is 3. The number of halogens is 2. The summed E-state index contributed by atoms with van der Waals surface area (Å²) in [6, 6.07) is 5.71. The molecule has 9 heteroatoms. The molecule has 0 aliphatic carbocycles. The zero-order valence-corrected chi connectivity index (χ0v) is 16.7. The third-order valence-electron chi connectivity index (χ3n) is 4.06. The number of thiazole rings is 1. The fraction of sp³-hybridized carbons (Fsp3) is 0.368. The van der Waals surface area contributed by atoms with E-state index in [0.717, 1.165) is 20.8 Å². The van der Waals surface area contributed by atoms with E-state index in [1.165, 1.54) is 23.7 Å². The first-order valence-corrected chi connectivity index (χ1v) is 9.63. The number of ether oxygens (including phenoxy) is 2. The summed E-state index contributed by atoms with van der Waals surface area (Å²) in [5, 5.41) is 2.83. The third kappa shape index (κ3) is 4.66. The van der Waals surface area contributed by atoms with Crippen molar-refractivity contribution in [3.8, 4) is 22.1 Å². The minimum absolute atomic E-state index is 0.307. The molecule has 0 bridgehead atoms. The average molecular weight is 408 g/mol. The number of imidazole rings is 1. The number of alkyl halides is 2. The van der Waals surface area contributed by atoms with Crippen molar-refractivity contribution >= 4 is 11.3 Å². The molecular weight excluding hydrogens is 386 g/mol. The van der Waals surface area contributed by atoms with E-state index in [2.05, 4.69) is 9.97 Å². The summed E-state index contributed by atoms with van der Waals surface area (Å²) in [5.74, 6) is 1.68. The summed E-state index contributed by atoms with van der Waals surface area (Å²) in [7, 11) is 3.45. The third-order valence-corrected chi connectivity index (χ3v) is 5.00. The van der Waals surface area contributed by atoms with Crippen molar-refractivity contribution in [1.82, 2.24) is 19.4 Å². The minimum atomic E-state index is -2.59. The Morgan fingerprint density at radius 3 is 2.79 bits per heavy atom. The second-order valence-corrected chi connectivity index (χ2v) is 7.00. The molecule has 0 atom stereocenters. The summed E-state index contributed by atoms with van der Waals surface area (Å²) >= 11 is 1.52. The molecule has 3 aromatic rings. The second kappa shape index (κ2) is 9.11. The van der Waals surface area contributed by atoms with Crippen LogP contribution in [0.25, 0.3) is 10.6 Å². The Morgan fingerprint density at radius 1 is 1.25 bits per heavy atom. The highest BCUT2D eigenvalue weighted by Crippen LogP contribution is 2.34. The number of benzene rings is 1. The monoisotopic (exact) mass is 408 g/mol. The van der Waals surface area contributed by atoms with E-state index in [-0.39, 0.29) is 0 Å². The van der Waals surface area contributed by atoms with Gasteiger partial charge in [-0.1, -0.05) is 0 Å². The molecule has 1 aromatic carbocycles. The van der Waals surface area contributed by atoms with E-state index < -0.39 is 6.55 Å². The van der Waals surface area contributed by atoms with Crippen LogP contribution in [0, 0.1) is 0 Å². The summed E-state index contributed by atoms with van der Waals surface area (Å²) in [4.78, 5) is 10.6. The van der Waals surface area contributed by atoms with Gasteiger partial charge in [0, 0.05) is 29.9 Å². The summed E-state index contributed by atoms with van der Waals surface area (Å²) < 4.78 is 37.7. The molecule has 0 spiro atoms. The Balaban J connectivity index is 1.69. The van der Waals surface area contributed by atoms with E-state index in [9.17, 15) is 8.78 Å². The lowest BCUT2D eigenvalue weighted by Crippen LogP contribution is -2.20. The van der Waals surface area contributed by atoms with E-state index in [0.29, 0.717) is 37.0 Å². The summed E-state index contributed by atoms with van der Waals surface area (Å²) in [6.07, 6.45) is 2.67. The fourth-order valence-electron chi connectivity index (χ4n) is 2.81. The van der Waals surface area contributed by atoms with Gasteiger partial charge in [-0.3, -0.25) is 9.47 Å². The van der Waals surface area contributed by atoms with Crippen molar-refractivity contribution in [2.24, 2.45) is 0 Å². The number of hydrogen-bond acceptors (Lipinski definition) is 6. The van der Waals surface area contributed by atoms with E-state index in [1.54, 1.807) is 7.11 Å². The van der Waals surface area contributed by atoms with Crippen LogP contribution in [-0.4, -0.2) is 40.2 Å². The van der Waals surface area contributed by atoms with Crippen LogP contribution in [0.2, 0.25) is 0 Å². The van der Waals surface area contributed by atoms with Crippen molar-refractivity contribution in [2.45, 2.75) is 26.6 Å². The van der Waals surface area contributed by atoms with E-state index in [1.807, 2.05) is 42.5 Å². The van der Waals surface area contributed by atoms with Crippen molar-refractivity contribution in [1.29, 1.82) is 0 Å². The Hall–Kier alpha value is -2.52. The minimum Gasteiger partial charge on any atom is -0.493 e. The van der Waals surface area contributed by atoms with Gasteiger partial charge in [-0.05, 0) is 32.2 Å². The van der Waals surface area contributed by atoms with Gasteiger partial charge in [-0.25, -0.2) is 9.97 Å². The first-order chi connectivity index (χ1) is 13.5. The molecule has 28 heavy (non-hydrogen) atoms. The molecule has 6 nitrogen and oxygen atoms in total. The number of rotatable bonds is 9. The average Bonchev–Trinajstić information content (AvgIpc) is 3.32. The molecule has 2 heterocycles. The predicted octanol–water partition coefficient (Wildman–Crippen LogP) is 4.44. The maximum absolute atomic E-state index is 12.9. The van der Waals surface area contributed by atoms with E-state index >= 15 is 0 Å². The Labute approximate surface area is 166 Å². The number of hydrogen-bond donors (Lipinski definition) is 0. The van der Waals surface area contributed by atoms with Crippen molar-refractivity contribution in [2.75, 3.05) is 20.8 Å². The first-order valence-electron chi connectivity index (χ1n) is 8.75. The molecule has 0 N–H and O–H groups in total. The van der Waals surface area contributed by atoms with Crippen LogP contribution in [-0.2, 0) is 13.1 Å². The van der Waals surface area contributed by atoms with Gasteiger partial charge in [0.2, 0.25) is 0 Å². The van der Waals surface area contributed by atoms with Gasteiger partial charge in [-0.2, -0.15) is 8.78 Å². The highest BCUT2D eigenvalue weighted by atomic mass is 32.1. The largest absolute Gasteiger partial charge is 0.493 e. The highest BCUT2D eigenvalue weighted by molar-refractivity contribution is 7.13. The van der Waals surface area contributed by atoms with Gasteiger partial charge >= 0.3 is 6.55 Å². The van der Waals surface area contributed by atoms with Gasteiger partial charge in [0.05, 0.1) is 26.0 Å². The Morgan fingerprint density at radius 2 is 2.07 bits per heavy atom. The summed E-state index contributed by atoms with van der Waals surface area (Å²) in [5.41, 5.74) is 1.80. The van der Waals surface area contributed by atoms with Gasteiger partial charge in [0.1, 0.15) is 10.8 Å². The molecule has 0 unspecified atom stereocenters. The molecule has 3 rings (SSSR count). The molecule has 0 radical (unpaired) electrons. The van der Waals surface area contributed by atoms with Crippen molar-refractivity contribution in [3.05, 3.63) is 47.5 Å². The zero-order valence-electron chi connectivity index (χ0n) is 15.9. The molecule has 0 fully saturated rings. The van der Waals surface area contributed by atoms with Crippen LogP contribution in [0.15, 0.2) is 36.0 Å². The van der Waals surface area contributed by atoms with Gasteiger partial charge in [0.25, 0.3) is 0 Å². The maximum atomic E-state index is 12.9. The topological polar surface area (TPSA) is 52.4 Å². The second-order valence-electron chi connectivity index (χ2n) is 6.14. The molecule has 150 valence electrons. The predicted molar refractivity (Wildman–Crippen MR) is 104 cm³/mol. The molecule has 0 aliphatic heterocycles. The Kier molecular flexibility index (Phi) is 6.58. The first kappa shape index (κ1) is 20.2. The quantitative estimate of drug-likeness (QED) is 0.524. The van der Waals surface area contributed by atoms with Crippen molar-refractivity contribution < 1.29 is 18.3 Å². The van der Waals surface area contributed by atoms with Gasteiger partial charge < -0.3 is 9.47 Å². The van der Waals surface area contributed by atoms with E-state index in [4.69, 9.17) is 9.47 Å².